The summed E-state index contributed by atoms with van der Waals surface area (Å²) in [6.07, 6.45) is 2.42. The maximum atomic E-state index is 11.2. The summed E-state index contributed by atoms with van der Waals surface area (Å²) < 4.78 is 11.3. The van der Waals surface area contributed by atoms with E-state index in [0.717, 1.165) is 27.9 Å². The number of methoxy groups -OCH3 is 1. The number of pyridine rings is 2. The molecule has 0 amide bonds. The van der Waals surface area contributed by atoms with Gasteiger partial charge in [-0.15, -0.1) is 0 Å². The number of phenols is 1. The number of rotatable bonds is 7. The first-order chi connectivity index (χ1) is 15.1. The molecule has 1 unspecified atom stereocenters. The lowest BCUT2D eigenvalue weighted by Gasteiger charge is -2.21. The Morgan fingerprint density at radius 3 is 2.58 bits per heavy atom. The molecule has 1 atom stereocenters. The van der Waals surface area contributed by atoms with Crippen LogP contribution in [0.2, 0.25) is 0 Å². The monoisotopic (exact) mass is 414 g/mol. The zero-order valence-corrected chi connectivity index (χ0v) is 18.0. The smallest absolute Gasteiger partial charge is 0.161 e. The molecule has 0 aliphatic rings. The van der Waals surface area contributed by atoms with Crippen LogP contribution in [0.1, 0.15) is 35.4 Å². The van der Waals surface area contributed by atoms with E-state index in [2.05, 4.69) is 9.97 Å². The van der Waals surface area contributed by atoms with Crippen molar-refractivity contribution in [2.75, 3.05) is 13.7 Å². The van der Waals surface area contributed by atoms with Gasteiger partial charge in [-0.1, -0.05) is 30.3 Å². The molecule has 0 bridgehead atoms. The third-order valence-corrected chi connectivity index (χ3v) is 5.41. The van der Waals surface area contributed by atoms with Crippen LogP contribution in [0.5, 0.6) is 17.2 Å². The highest BCUT2D eigenvalue weighted by Gasteiger charge is 2.22. The second kappa shape index (κ2) is 9.04. The summed E-state index contributed by atoms with van der Waals surface area (Å²) in [6.45, 7) is 4.43. The Morgan fingerprint density at radius 2 is 1.84 bits per heavy atom. The number of hydrogen-bond acceptors (Lipinski definition) is 5. The second-order valence-corrected chi connectivity index (χ2v) is 7.45. The Hall–Kier alpha value is -3.60. The van der Waals surface area contributed by atoms with E-state index in [1.807, 2.05) is 74.5 Å². The van der Waals surface area contributed by atoms with Gasteiger partial charge in [0.2, 0.25) is 0 Å². The Kier molecular flexibility index (Phi) is 6.03. The molecular weight excluding hydrogens is 388 g/mol. The normalized spacial score (nSPS) is 12.0. The zero-order valence-electron chi connectivity index (χ0n) is 18.0. The van der Waals surface area contributed by atoms with Gasteiger partial charge in [-0.3, -0.25) is 4.98 Å². The van der Waals surface area contributed by atoms with Crippen LogP contribution in [0.4, 0.5) is 0 Å². The first kappa shape index (κ1) is 20.7. The topological polar surface area (TPSA) is 64.5 Å². The number of aromatic hydroxyl groups is 1. The van der Waals surface area contributed by atoms with Gasteiger partial charge in [-0.05, 0) is 49.7 Å². The predicted molar refractivity (Wildman–Crippen MR) is 122 cm³/mol. The number of phenolic OH excluding ortho intramolecular Hbond substituents is 1. The van der Waals surface area contributed by atoms with Crippen LogP contribution < -0.4 is 9.47 Å². The summed E-state index contributed by atoms with van der Waals surface area (Å²) in [5, 5.41) is 12.1. The third-order valence-electron chi connectivity index (χ3n) is 5.41. The Labute approximate surface area is 182 Å². The first-order valence-electron chi connectivity index (χ1n) is 10.4. The van der Waals surface area contributed by atoms with Crippen LogP contribution >= 0.6 is 0 Å². The van der Waals surface area contributed by atoms with Crippen molar-refractivity contribution >= 4 is 10.9 Å². The maximum absolute atomic E-state index is 11.2. The van der Waals surface area contributed by atoms with Crippen LogP contribution in [-0.2, 0) is 6.42 Å². The van der Waals surface area contributed by atoms with E-state index in [0.29, 0.717) is 30.0 Å². The molecule has 1 N–H and O–H groups in total. The van der Waals surface area contributed by atoms with Gasteiger partial charge in [-0.25, -0.2) is 4.98 Å². The minimum atomic E-state index is -0.133. The van der Waals surface area contributed by atoms with Crippen LogP contribution in [0, 0.1) is 6.92 Å². The summed E-state index contributed by atoms with van der Waals surface area (Å²) in [4.78, 5) is 9.09. The highest BCUT2D eigenvalue weighted by molar-refractivity contribution is 5.86. The molecule has 0 aliphatic heterocycles. The number of hydrogen-bond donors (Lipinski definition) is 1. The number of aromatic nitrogens is 2. The highest BCUT2D eigenvalue weighted by Crippen LogP contribution is 2.40. The van der Waals surface area contributed by atoms with E-state index >= 15 is 0 Å². The molecule has 4 rings (SSSR count). The Bertz CT molecular complexity index is 1190. The van der Waals surface area contributed by atoms with Gasteiger partial charge in [0.1, 0.15) is 11.3 Å². The molecular formula is C26H26N2O3. The lowest BCUT2D eigenvalue weighted by molar-refractivity contribution is 0.310. The summed E-state index contributed by atoms with van der Waals surface area (Å²) in [5.41, 5.74) is 4.23. The largest absolute Gasteiger partial charge is 0.505 e. The molecule has 5 heteroatoms. The van der Waals surface area contributed by atoms with Crippen LogP contribution in [-0.4, -0.2) is 28.8 Å². The third kappa shape index (κ3) is 4.31. The van der Waals surface area contributed by atoms with Crippen molar-refractivity contribution < 1.29 is 14.6 Å². The van der Waals surface area contributed by atoms with Crippen molar-refractivity contribution in [3.8, 4) is 17.2 Å². The molecule has 0 saturated heterocycles. The number of fused-ring (bicyclic) bond motifs is 1. The van der Waals surface area contributed by atoms with Crippen molar-refractivity contribution in [2.45, 2.75) is 26.2 Å². The summed E-state index contributed by atoms with van der Waals surface area (Å²) in [5.74, 6) is 1.44. The molecule has 0 fully saturated rings. The minimum Gasteiger partial charge on any atom is -0.505 e. The SMILES string of the molecule is CCOc1ccc(C(Cc2ccccn2)c2ccc3ccc(C)nc3c2O)cc1OC. The summed E-state index contributed by atoms with van der Waals surface area (Å²) in [6, 6.07) is 19.7. The average Bonchev–Trinajstić information content (AvgIpc) is 2.80. The quantitative estimate of drug-likeness (QED) is 0.437. The van der Waals surface area contributed by atoms with Crippen molar-refractivity contribution in [3.63, 3.8) is 0 Å². The fourth-order valence-electron chi connectivity index (χ4n) is 3.88. The molecule has 2 aromatic heterocycles. The van der Waals surface area contributed by atoms with E-state index in [1.165, 1.54) is 0 Å². The van der Waals surface area contributed by atoms with Gasteiger partial charge in [0.05, 0.1) is 13.7 Å². The van der Waals surface area contributed by atoms with Gasteiger partial charge in [0.25, 0.3) is 0 Å². The van der Waals surface area contributed by atoms with E-state index in [-0.39, 0.29) is 11.7 Å². The number of benzene rings is 2. The second-order valence-electron chi connectivity index (χ2n) is 7.45. The van der Waals surface area contributed by atoms with Crippen molar-refractivity contribution in [1.29, 1.82) is 0 Å². The van der Waals surface area contributed by atoms with Crippen molar-refractivity contribution in [1.82, 2.24) is 9.97 Å². The number of ether oxygens (including phenoxy) is 2. The van der Waals surface area contributed by atoms with Gasteiger partial charge in [-0.2, -0.15) is 0 Å². The standard InChI is InChI=1S/C26H26N2O3/c1-4-31-23-13-11-19(15-24(23)30-3)22(16-20-7-5-6-14-27-20)21-12-10-18-9-8-17(2)28-25(18)26(21)29/h5-15,22,29H,4,16H2,1-3H3. The first-order valence-corrected chi connectivity index (χ1v) is 10.4. The summed E-state index contributed by atoms with van der Waals surface area (Å²) in [7, 11) is 1.63. The van der Waals surface area contributed by atoms with Crippen LogP contribution in [0.3, 0.4) is 0 Å². The summed E-state index contributed by atoms with van der Waals surface area (Å²) >= 11 is 0. The van der Waals surface area contributed by atoms with Gasteiger partial charge < -0.3 is 14.6 Å². The van der Waals surface area contributed by atoms with E-state index < -0.39 is 0 Å². The molecule has 158 valence electrons. The van der Waals surface area contributed by atoms with Gasteiger partial charge in [0, 0.05) is 40.9 Å². The van der Waals surface area contributed by atoms with Crippen molar-refractivity contribution in [2.24, 2.45) is 0 Å². The molecule has 2 heterocycles. The Morgan fingerprint density at radius 1 is 1.00 bits per heavy atom. The maximum Gasteiger partial charge on any atom is 0.161 e. The highest BCUT2D eigenvalue weighted by atomic mass is 16.5. The molecule has 0 radical (unpaired) electrons. The molecule has 0 spiro atoms. The van der Waals surface area contributed by atoms with Crippen molar-refractivity contribution in [3.05, 3.63) is 89.4 Å². The van der Waals surface area contributed by atoms with E-state index in [4.69, 9.17) is 9.47 Å². The average molecular weight is 415 g/mol. The Balaban J connectivity index is 1.86. The van der Waals surface area contributed by atoms with E-state index in [9.17, 15) is 5.11 Å². The fraction of sp³-hybridized carbons (Fsp3) is 0.231. The number of aryl methyl sites for hydroxylation is 1. The van der Waals surface area contributed by atoms with E-state index in [1.54, 1.807) is 13.3 Å². The lowest BCUT2D eigenvalue weighted by Crippen LogP contribution is -2.08. The lowest BCUT2D eigenvalue weighted by atomic mass is 9.86. The molecule has 2 aromatic carbocycles. The molecule has 0 aliphatic carbocycles. The number of nitrogens with zero attached hydrogens (tertiary/aromatic N) is 2. The van der Waals surface area contributed by atoms with Gasteiger partial charge >= 0.3 is 0 Å². The fourth-order valence-corrected chi connectivity index (χ4v) is 3.88. The molecule has 5 nitrogen and oxygen atoms in total. The minimum absolute atomic E-state index is 0.133. The zero-order chi connectivity index (χ0) is 21.8. The predicted octanol–water partition coefficient (Wildman–Crippen LogP) is 5.43. The van der Waals surface area contributed by atoms with Crippen LogP contribution in [0.25, 0.3) is 10.9 Å². The molecule has 0 saturated carbocycles. The molecule has 4 aromatic rings. The van der Waals surface area contributed by atoms with Gasteiger partial charge in [0.15, 0.2) is 11.5 Å². The molecule has 31 heavy (non-hydrogen) atoms. The van der Waals surface area contributed by atoms with Crippen LogP contribution in [0.15, 0.2) is 66.9 Å².